The fraction of sp³-hybridized carbons (Fsp3) is 0.364. The van der Waals surface area contributed by atoms with E-state index in [2.05, 4.69) is 17.1 Å². The van der Waals surface area contributed by atoms with Crippen LogP contribution in [0.4, 0.5) is 0 Å². The molecule has 0 amide bonds. The summed E-state index contributed by atoms with van der Waals surface area (Å²) in [7, 11) is -1.86. The first-order chi connectivity index (χ1) is 13.4. The molecule has 1 atom stereocenters. The maximum atomic E-state index is 13.2. The van der Waals surface area contributed by atoms with Gasteiger partial charge in [-0.3, -0.25) is 0 Å². The van der Waals surface area contributed by atoms with Crippen molar-refractivity contribution < 1.29 is 13.2 Å². The Balaban J connectivity index is 1.57. The van der Waals surface area contributed by atoms with Gasteiger partial charge in [0.05, 0.1) is 11.0 Å². The maximum Gasteiger partial charge on any atom is 0.243 e. The third-order valence-corrected chi connectivity index (χ3v) is 7.38. The zero-order chi connectivity index (χ0) is 19.9. The Morgan fingerprint density at radius 1 is 1.11 bits per heavy atom. The SMILES string of the molecule is CC(C)Oc1ccc(S(=O)(=O)N(C)C2CCc3[nH]c4ccccc4c3C2)cc1. The van der Waals surface area contributed by atoms with Crippen LogP contribution in [0.5, 0.6) is 5.75 Å². The van der Waals surface area contributed by atoms with Crippen molar-refractivity contribution >= 4 is 20.9 Å². The number of H-pyrrole nitrogens is 1. The van der Waals surface area contributed by atoms with Gasteiger partial charge < -0.3 is 9.72 Å². The van der Waals surface area contributed by atoms with Gasteiger partial charge in [-0.25, -0.2) is 8.42 Å². The van der Waals surface area contributed by atoms with Gasteiger partial charge in [0.2, 0.25) is 10.0 Å². The zero-order valence-electron chi connectivity index (χ0n) is 16.5. The summed E-state index contributed by atoms with van der Waals surface area (Å²) in [6, 6.07) is 14.9. The molecule has 0 radical (unpaired) electrons. The number of aromatic amines is 1. The molecule has 1 N–H and O–H groups in total. The van der Waals surface area contributed by atoms with Crippen LogP contribution in [-0.2, 0) is 22.9 Å². The first kappa shape index (κ1) is 19.0. The molecular weight excluding hydrogens is 372 g/mol. The monoisotopic (exact) mass is 398 g/mol. The van der Waals surface area contributed by atoms with Gasteiger partial charge in [0.1, 0.15) is 5.75 Å². The van der Waals surface area contributed by atoms with E-state index in [1.165, 1.54) is 20.9 Å². The molecule has 0 saturated heterocycles. The molecule has 6 heteroatoms. The molecule has 0 bridgehead atoms. The molecule has 1 aliphatic rings. The van der Waals surface area contributed by atoms with E-state index in [9.17, 15) is 8.42 Å². The second kappa shape index (κ2) is 7.26. The maximum absolute atomic E-state index is 13.2. The fourth-order valence-electron chi connectivity index (χ4n) is 3.99. The third-order valence-electron chi connectivity index (χ3n) is 5.46. The molecule has 4 rings (SSSR count). The van der Waals surface area contributed by atoms with Crippen molar-refractivity contribution in [3.63, 3.8) is 0 Å². The first-order valence-corrected chi connectivity index (χ1v) is 11.1. The average Bonchev–Trinajstić information content (AvgIpc) is 3.05. The van der Waals surface area contributed by atoms with Crippen LogP contribution in [0.25, 0.3) is 10.9 Å². The van der Waals surface area contributed by atoms with Crippen molar-refractivity contribution in [2.75, 3.05) is 7.05 Å². The summed E-state index contributed by atoms with van der Waals surface area (Å²) in [5, 5.41) is 1.20. The Morgan fingerprint density at radius 2 is 1.82 bits per heavy atom. The predicted octanol–water partition coefficient (Wildman–Crippen LogP) is 4.13. The lowest BCUT2D eigenvalue weighted by Gasteiger charge is -2.30. The normalized spacial score (nSPS) is 17.2. The van der Waals surface area contributed by atoms with Crippen LogP contribution >= 0.6 is 0 Å². The second-order valence-corrected chi connectivity index (χ2v) is 9.68. The van der Waals surface area contributed by atoms with Crippen LogP contribution in [0.15, 0.2) is 53.4 Å². The standard InChI is InChI=1S/C22H26N2O3S/c1-15(2)27-17-9-11-18(12-10-17)28(25,26)24(3)16-8-13-22-20(14-16)19-6-4-5-7-21(19)23-22/h4-7,9-12,15-16,23H,8,13-14H2,1-3H3. The van der Waals surface area contributed by atoms with Crippen LogP contribution in [0.2, 0.25) is 0 Å². The Hall–Kier alpha value is -2.31. The summed E-state index contributed by atoms with van der Waals surface area (Å²) >= 11 is 0. The summed E-state index contributed by atoms with van der Waals surface area (Å²) < 4.78 is 33.5. The fourth-order valence-corrected chi connectivity index (χ4v) is 5.37. The number of fused-ring (bicyclic) bond motifs is 3. The van der Waals surface area contributed by atoms with E-state index in [-0.39, 0.29) is 12.1 Å². The number of aromatic nitrogens is 1. The van der Waals surface area contributed by atoms with E-state index >= 15 is 0 Å². The van der Waals surface area contributed by atoms with E-state index in [1.54, 1.807) is 31.3 Å². The highest BCUT2D eigenvalue weighted by atomic mass is 32.2. The number of sulfonamides is 1. The summed E-state index contributed by atoms with van der Waals surface area (Å²) in [4.78, 5) is 3.79. The van der Waals surface area contributed by atoms with Crippen LogP contribution in [0, 0.1) is 0 Å². The molecule has 1 heterocycles. The number of likely N-dealkylation sites (N-methyl/N-ethyl adjacent to an activating group) is 1. The predicted molar refractivity (Wildman–Crippen MR) is 111 cm³/mol. The Labute approximate surface area is 166 Å². The number of ether oxygens (including phenoxy) is 1. The lowest BCUT2D eigenvalue weighted by atomic mass is 9.91. The highest BCUT2D eigenvalue weighted by molar-refractivity contribution is 7.89. The van der Waals surface area contributed by atoms with Crippen LogP contribution in [0.1, 0.15) is 31.5 Å². The van der Waals surface area contributed by atoms with Crippen LogP contribution in [0.3, 0.4) is 0 Å². The molecular formula is C22H26N2O3S. The lowest BCUT2D eigenvalue weighted by molar-refractivity contribution is 0.242. The smallest absolute Gasteiger partial charge is 0.243 e. The van der Waals surface area contributed by atoms with Gasteiger partial charge in [-0.2, -0.15) is 4.31 Å². The summed E-state index contributed by atoms with van der Waals surface area (Å²) in [5.74, 6) is 0.678. The highest BCUT2D eigenvalue weighted by Gasteiger charge is 2.32. The van der Waals surface area contributed by atoms with Gasteiger partial charge in [0.25, 0.3) is 0 Å². The van der Waals surface area contributed by atoms with Gasteiger partial charge in [-0.1, -0.05) is 18.2 Å². The molecule has 1 unspecified atom stereocenters. The number of benzene rings is 2. The van der Waals surface area contributed by atoms with E-state index in [1.807, 2.05) is 26.0 Å². The molecule has 1 aliphatic carbocycles. The van der Waals surface area contributed by atoms with Crippen molar-refractivity contribution in [1.29, 1.82) is 0 Å². The van der Waals surface area contributed by atoms with E-state index in [0.717, 1.165) is 24.8 Å². The molecule has 0 saturated carbocycles. The number of hydrogen-bond donors (Lipinski definition) is 1. The Bertz CT molecular complexity index is 1080. The second-order valence-electron chi connectivity index (χ2n) is 7.68. The number of para-hydroxylation sites is 1. The summed E-state index contributed by atoms with van der Waals surface area (Å²) in [5.41, 5.74) is 3.60. The van der Waals surface area contributed by atoms with E-state index in [4.69, 9.17) is 4.74 Å². The lowest BCUT2D eigenvalue weighted by Crippen LogP contribution is -2.40. The third kappa shape index (κ3) is 3.42. The van der Waals surface area contributed by atoms with Crippen molar-refractivity contribution in [3.8, 4) is 5.75 Å². The van der Waals surface area contributed by atoms with E-state index in [0.29, 0.717) is 10.6 Å². The summed E-state index contributed by atoms with van der Waals surface area (Å²) in [6.07, 6.45) is 2.45. The van der Waals surface area contributed by atoms with Crippen molar-refractivity contribution in [1.82, 2.24) is 9.29 Å². The molecule has 28 heavy (non-hydrogen) atoms. The van der Waals surface area contributed by atoms with Gasteiger partial charge in [-0.05, 0) is 69.0 Å². The van der Waals surface area contributed by atoms with Crippen LogP contribution in [-0.4, -0.2) is 36.9 Å². The molecule has 0 spiro atoms. The molecule has 5 nitrogen and oxygen atoms in total. The molecule has 0 aliphatic heterocycles. The number of hydrogen-bond acceptors (Lipinski definition) is 3. The number of aryl methyl sites for hydroxylation is 1. The van der Waals surface area contributed by atoms with Crippen molar-refractivity contribution in [2.24, 2.45) is 0 Å². The molecule has 1 aromatic heterocycles. The van der Waals surface area contributed by atoms with Gasteiger partial charge in [0.15, 0.2) is 0 Å². The van der Waals surface area contributed by atoms with Crippen molar-refractivity contribution in [2.45, 2.75) is 50.2 Å². The molecule has 3 aromatic rings. The van der Waals surface area contributed by atoms with Gasteiger partial charge >= 0.3 is 0 Å². The average molecular weight is 399 g/mol. The van der Waals surface area contributed by atoms with Gasteiger partial charge in [-0.15, -0.1) is 0 Å². The number of nitrogens with one attached hydrogen (secondary N) is 1. The Morgan fingerprint density at radius 3 is 2.54 bits per heavy atom. The largest absolute Gasteiger partial charge is 0.491 e. The molecule has 148 valence electrons. The minimum atomic E-state index is -3.56. The van der Waals surface area contributed by atoms with Crippen LogP contribution < -0.4 is 4.74 Å². The number of rotatable bonds is 5. The highest BCUT2D eigenvalue weighted by Crippen LogP contribution is 2.32. The topological polar surface area (TPSA) is 62.4 Å². The molecule has 0 fully saturated rings. The minimum absolute atomic E-state index is 0.0525. The quantitative estimate of drug-likeness (QED) is 0.703. The minimum Gasteiger partial charge on any atom is -0.491 e. The van der Waals surface area contributed by atoms with Crippen molar-refractivity contribution in [3.05, 3.63) is 59.8 Å². The Kier molecular flexibility index (Phi) is 4.93. The van der Waals surface area contributed by atoms with Gasteiger partial charge in [0, 0.05) is 29.7 Å². The molecule has 2 aromatic carbocycles. The van der Waals surface area contributed by atoms with E-state index < -0.39 is 10.0 Å². The summed E-state index contributed by atoms with van der Waals surface area (Å²) in [6.45, 7) is 3.89. The number of nitrogens with zero attached hydrogens (tertiary/aromatic N) is 1. The first-order valence-electron chi connectivity index (χ1n) is 9.69. The zero-order valence-corrected chi connectivity index (χ0v) is 17.3.